The Hall–Kier alpha value is -2.41. The molecule has 3 heterocycles. The van der Waals surface area contributed by atoms with Gasteiger partial charge in [-0.25, -0.2) is 4.98 Å². The number of piperazine rings is 1. The monoisotopic (exact) mass is 395 g/mol. The highest BCUT2D eigenvalue weighted by molar-refractivity contribution is 5.81. The summed E-state index contributed by atoms with van der Waals surface area (Å²) in [5.74, 6) is 1.42. The van der Waals surface area contributed by atoms with Crippen LogP contribution in [0.4, 0.5) is 5.69 Å². The molecule has 1 saturated carbocycles. The molecule has 1 N–H and O–H groups in total. The van der Waals surface area contributed by atoms with E-state index < -0.39 is 0 Å². The van der Waals surface area contributed by atoms with Gasteiger partial charge in [-0.05, 0) is 49.3 Å². The number of hydrogen-bond acceptors (Lipinski definition) is 5. The van der Waals surface area contributed by atoms with E-state index in [0.717, 1.165) is 68.8 Å². The summed E-state index contributed by atoms with van der Waals surface area (Å²) in [7, 11) is 0. The number of carbonyl (C=O) groups is 1. The van der Waals surface area contributed by atoms with Crippen molar-refractivity contribution < 1.29 is 4.79 Å². The van der Waals surface area contributed by atoms with Gasteiger partial charge in [-0.2, -0.15) is 0 Å². The third kappa shape index (κ3) is 4.15. The molecule has 29 heavy (non-hydrogen) atoms. The number of nitrogens with zero attached hydrogens (tertiary/aromatic N) is 4. The minimum atomic E-state index is 0.0813. The Balaban J connectivity index is 1.22. The molecule has 154 valence electrons. The third-order valence-electron chi connectivity index (χ3n) is 6.58. The maximum atomic E-state index is 12.7. The molecular weight excluding hydrogens is 366 g/mol. The zero-order valence-corrected chi connectivity index (χ0v) is 16.8. The van der Waals surface area contributed by atoms with Crippen molar-refractivity contribution in [2.45, 2.75) is 32.2 Å². The van der Waals surface area contributed by atoms with E-state index >= 15 is 0 Å². The number of hydrogen-bond donors (Lipinski definition) is 1. The second-order valence-electron chi connectivity index (χ2n) is 8.84. The molecule has 1 atom stereocenters. The second kappa shape index (κ2) is 7.78. The lowest BCUT2D eigenvalue weighted by Gasteiger charge is -2.38. The summed E-state index contributed by atoms with van der Waals surface area (Å²) < 4.78 is 1.77. The number of rotatable bonds is 5. The number of aromatic nitrogens is 2. The topological polar surface area (TPSA) is 70.5 Å². The van der Waals surface area contributed by atoms with Crippen molar-refractivity contribution in [2.75, 3.05) is 44.2 Å². The van der Waals surface area contributed by atoms with Crippen LogP contribution in [0, 0.1) is 11.8 Å². The Labute approximate surface area is 170 Å². The van der Waals surface area contributed by atoms with Crippen LogP contribution in [0.5, 0.6) is 0 Å². The summed E-state index contributed by atoms with van der Waals surface area (Å²) in [6.07, 6.45) is 5.83. The lowest BCUT2D eigenvalue weighted by Crippen LogP contribution is -2.49. The number of amides is 1. The summed E-state index contributed by atoms with van der Waals surface area (Å²) in [6.45, 7) is 6.68. The van der Waals surface area contributed by atoms with Crippen molar-refractivity contribution in [2.24, 2.45) is 11.8 Å². The molecule has 3 fully saturated rings. The maximum Gasteiger partial charge on any atom is 0.261 e. The van der Waals surface area contributed by atoms with Crippen molar-refractivity contribution >= 4 is 22.5 Å². The molecule has 7 heteroatoms. The van der Waals surface area contributed by atoms with Crippen LogP contribution < -0.4 is 15.8 Å². The molecule has 2 saturated heterocycles. The van der Waals surface area contributed by atoms with Gasteiger partial charge in [-0.3, -0.25) is 19.1 Å². The fraction of sp³-hybridized carbons (Fsp3) is 0.591. The molecule has 2 aliphatic heterocycles. The largest absolute Gasteiger partial charge is 0.369 e. The first-order chi connectivity index (χ1) is 14.2. The van der Waals surface area contributed by atoms with Crippen LogP contribution in [0.1, 0.15) is 25.7 Å². The van der Waals surface area contributed by atoms with E-state index in [-0.39, 0.29) is 11.5 Å². The van der Waals surface area contributed by atoms with Gasteiger partial charge >= 0.3 is 0 Å². The number of piperidine rings is 1. The lowest BCUT2D eigenvalue weighted by atomic mass is 9.98. The summed E-state index contributed by atoms with van der Waals surface area (Å²) in [4.78, 5) is 33.5. The Kier molecular flexibility index (Phi) is 4.99. The van der Waals surface area contributed by atoms with Gasteiger partial charge in [-0.1, -0.05) is 0 Å². The molecule has 5 rings (SSSR count). The molecule has 1 unspecified atom stereocenters. The van der Waals surface area contributed by atoms with Crippen LogP contribution in [0.2, 0.25) is 0 Å². The van der Waals surface area contributed by atoms with Crippen LogP contribution in [0.3, 0.4) is 0 Å². The Morgan fingerprint density at radius 2 is 1.83 bits per heavy atom. The van der Waals surface area contributed by atoms with Gasteiger partial charge in [0.2, 0.25) is 5.91 Å². The van der Waals surface area contributed by atoms with Gasteiger partial charge in [-0.15, -0.1) is 0 Å². The number of fused-ring (bicyclic) bond motifs is 1. The molecule has 1 aliphatic carbocycles. The maximum absolute atomic E-state index is 12.7. The highest BCUT2D eigenvalue weighted by Gasteiger charge is 2.24. The van der Waals surface area contributed by atoms with E-state index in [2.05, 4.69) is 32.2 Å². The van der Waals surface area contributed by atoms with Crippen molar-refractivity contribution in [1.29, 1.82) is 0 Å². The van der Waals surface area contributed by atoms with Crippen molar-refractivity contribution in [3.05, 3.63) is 34.9 Å². The molecule has 1 amide bonds. The minimum Gasteiger partial charge on any atom is -0.369 e. The third-order valence-corrected chi connectivity index (χ3v) is 6.58. The molecule has 7 nitrogen and oxygen atoms in total. The average Bonchev–Trinajstić information content (AvgIpc) is 3.56. The summed E-state index contributed by atoms with van der Waals surface area (Å²) in [5.41, 5.74) is 2.02. The van der Waals surface area contributed by atoms with E-state index in [4.69, 9.17) is 0 Å². The normalized spacial score (nSPS) is 23.4. The first kappa shape index (κ1) is 18.6. The summed E-state index contributed by atoms with van der Waals surface area (Å²) in [5, 5.41) is 3.70. The van der Waals surface area contributed by atoms with Crippen LogP contribution in [0.15, 0.2) is 29.3 Å². The Morgan fingerprint density at radius 3 is 2.55 bits per heavy atom. The summed E-state index contributed by atoms with van der Waals surface area (Å²) >= 11 is 0. The van der Waals surface area contributed by atoms with Crippen LogP contribution in [-0.2, 0) is 11.3 Å². The minimum absolute atomic E-state index is 0.0813. The fourth-order valence-electron chi connectivity index (χ4n) is 4.55. The predicted molar refractivity (Wildman–Crippen MR) is 113 cm³/mol. The molecule has 1 aromatic carbocycles. The predicted octanol–water partition coefficient (Wildman–Crippen LogP) is 1.45. The number of anilines is 1. The van der Waals surface area contributed by atoms with E-state index in [9.17, 15) is 9.59 Å². The Morgan fingerprint density at radius 1 is 1.00 bits per heavy atom. The molecule has 2 aromatic rings. The van der Waals surface area contributed by atoms with Gasteiger partial charge in [0.15, 0.2) is 0 Å². The van der Waals surface area contributed by atoms with Gasteiger partial charge in [0.05, 0.1) is 17.2 Å². The number of benzene rings is 1. The van der Waals surface area contributed by atoms with Crippen molar-refractivity contribution in [3.63, 3.8) is 0 Å². The van der Waals surface area contributed by atoms with Crippen LogP contribution in [-0.4, -0.2) is 59.6 Å². The Bertz CT molecular complexity index is 949. The second-order valence-corrected chi connectivity index (χ2v) is 8.84. The zero-order chi connectivity index (χ0) is 19.8. The zero-order valence-electron chi connectivity index (χ0n) is 16.8. The highest BCUT2D eigenvalue weighted by Crippen LogP contribution is 2.30. The molecule has 0 radical (unpaired) electrons. The van der Waals surface area contributed by atoms with Gasteiger partial charge in [0, 0.05) is 57.9 Å². The fourth-order valence-corrected chi connectivity index (χ4v) is 4.55. The summed E-state index contributed by atoms with van der Waals surface area (Å²) in [6, 6.07) is 6.07. The molecule has 3 aliphatic rings. The number of carbonyl (C=O) groups excluding carboxylic acids is 1. The first-order valence-electron chi connectivity index (χ1n) is 10.9. The van der Waals surface area contributed by atoms with Gasteiger partial charge in [0.1, 0.15) is 0 Å². The van der Waals surface area contributed by atoms with E-state index in [0.29, 0.717) is 18.3 Å². The highest BCUT2D eigenvalue weighted by atomic mass is 16.1. The van der Waals surface area contributed by atoms with Gasteiger partial charge < -0.3 is 10.2 Å². The molecule has 0 bridgehead atoms. The standard InChI is InChI=1S/C22H29N5O2/c28-21-6-3-17(12-23-21)13-25-7-9-26(10-8-25)18-4-5-19-20(11-18)24-15-27(22(19)29)14-16-1-2-16/h4-5,11,15-17H,1-3,6-10,12-14H2,(H,23,28). The molecule has 0 spiro atoms. The number of nitrogens with one attached hydrogen (secondary N) is 1. The van der Waals surface area contributed by atoms with Crippen molar-refractivity contribution in [1.82, 2.24) is 19.8 Å². The quantitative estimate of drug-likeness (QED) is 0.830. The van der Waals surface area contributed by atoms with Crippen LogP contribution >= 0.6 is 0 Å². The average molecular weight is 396 g/mol. The smallest absolute Gasteiger partial charge is 0.261 e. The molecular formula is C22H29N5O2. The van der Waals surface area contributed by atoms with E-state index in [1.54, 1.807) is 10.9 Å². The lowest BCUT2D eigenvalue weighted by molar-refractivity contribution is -0.123. The van der Waals surface area contributed by atoms with E-state index in [1.165, 1.54) is 12.8 Å². The molecule has 1 aromatic heterocycles. The van der Waals surface area contributed by atoms with E-state index in [1.807, 2.05) is 6.07 Å². The first-order valence-corrected chi connectivity index (χ1v) is 10.9. The van der Waals surface area contributed by atoms with Gasteiger partial charge in [0.25, 0.3) is 5.56 Å². The SMILES string of the molecule is O=C1CCC(CN2CCN(c3ccc4c(=O)n(CC5CC5)cnc4c3)CC2)CN1. The van der Waals surface area contributed by atoms with Crippen molar-refractivity contribution in [3.8, 4) is 0 Å². The van der Waals surface area contributed by atoms with Crippen LogP contribution in [0.25, 0.3) is 10.9 Å².